The molecular weight excluding hydrogens is 577 g/mol. The zero-order valence-electron chi connectivity index (χ0n) is 27.6. The second kappa shape index (κ2) is 14.1. The number of imidazole rings is 1. The Hall–Kier alpha value is -3.76. The van der Waals surface area contributed by atoms with Crippen LogP contribution in [0.4, 0.5) is 4.39 Å². The van der Waals surface area contributed by atoms with Gasteiger partial charge in [0.25, 0.3) is 5.91 Å². The molecule has 9 nitrogen and oxygen atoms in total. The van der Waals surface area contributed by atoms with Gasteiger partial charge in [-0.3, -0.25) is 9.59 Å². The van der Waals surface area contributed by atoms with Crippen LogP contribution in [0.2, 0.25) is 0 Å². The number of hydrogen-bond donors (Lipinski definition) is 1. The number of hydrogen-bond acceptors (Lipinski definition) is 7. The zero-order valence-corrected chi connectivity index (χ0v) is 27.6. The highest BCUT2D eigenvalue weighted by Crippen LogP contribution is 2.33. The molecule has 0 bridgehead atoms. The van der Waals surface area contributed by atoms with Gasteiger partial charge in [0, 0.05) is 25.1 Å². The molecule has 45 heavy (non-hydrogen) atoms. The molecule has 0 unspecified atom stereocenters. The highest BCUT2D eigenvalue weighted by atomic mass is 19.1. The van der Waals surface area contributed by atoms with Crippen molar-refractivity contribution < 1.29 is 32.9 Å². The van der Waals surface area contributed by atoms with Crippen molar-refractivity contribution in [1.82, 2.24) is 14.9 Å². The maximum atomic E-state index is 13.9. The Kier molecular flexibility index (Phi) is 10.7. The van der Waals surface area contributed by atoms with Crippen molar-refractivity contribution >= 4 is 11.9 Å². The molecule has 244 valence electrons. The number of ether oxygens (including phenoxy) is 4. The summed E-state index contributed by atoms with van der Waals surface area (Å²) in [6, 6.07) is 13.6. The van der Waals surface area contributed by atoms with Crippen molar-refractivity contribution in [2.24, 2.45) is 0 Å². The van der Waals surface area contributed by atoms with Gasteiger partial charge in [0.1, 0.15) is 28.7 Å². The lowest BCUT2D eigenvalue weighted by Crippen LogP contribution is -2.46. The Balaban J connectivity index is 1.59. The van der Waals surface area contributed by atoms with Crippen molar-refractivity contribution in [3.05, 3.63) is 71.3 Å². The molecule has 1 aromatic heterocycles. The number of nitrogens with one attached hydrogen (secondary N) is 1. The number of amides is 1. The first-order valence-corrected chi connectivity index (χ1v) is 15.5. The minimum atomic E-state index is -0.891. The fraction of sp³-hybridized carbons (Fsp3) is 0.514. The van der Waals surface area contributed by atoms with E-state index in [4.69, 9.17) is 23.9 Å². The van der Waals surface area contributed by atoms with E-state index >= 15 is 0 Å². The number of halogens is 1. The van der Waals surface area contributed by atoms with Crippen LogP contribution in [0.5, 0.6) is 5.75 Å². The molecule has 2 atom stereocenters. The van der Waals surface area contributed by atoms with E-state index in [1.807, 2.05) is 77.3 Å². The van der Waals surface area contributed by atoms with Crippen molar-refractivity contribution in [3.8, 4) is 17.1 Å². The Morgan fingerprint density at radius 3 is 2.31 bits per heavy atom. The van der Waals surface area contributed by atoms with Crippen LogP contribution in [-0.2, 0) is 32.1 Å². The topological polar surface area (TPSA) is 101 Å². The smallest absolute Gasteiger partial charge is 0.308 e. The number of carbonyl (C=O) groups is 2. The van der Waals surface area contributed by atoms with Crippen LogP contribution in [0.3, 0.4) is 0 Å². The summed E-state index contributed by atoms with van der Waals surface area (Å²) in [6.45, 7) is 14.0. The second-order valence-corrected chi connectivity index (χ2v) is 13.2. The summed E-state index contributed by atoms with van der Waals surface area (Å²) in [6.07, 6.45) is 0.626. The van der Waals surface area contributed by atoms with Crippen molar-refractivity contribution in [3.63, 3.8) is 0 Å². The van der Waals surface area contributed by atoms with E-state index in [2.05, 4.69) is 5.32 Å². The number of methoxy groups -OCH3 is 1. The molecule has 3 aromatic rings. The maximum Gasteiger partial charge on any atom is 0.308 e. The van der Waals surface area contributed by atoms with Gasteiger partial charge in [0.2, 0.25) is 0 Å². The molecule has 4 rings (SSSR count). The third-order valence-corrected chi connectivity index (χ3v) is 7.40. The van der Waals surface area contributed by atoms with Gasteiger partial charge < -0.3 is 28.8 Å². The predicted molar refractivity (Wildman–Crippen MR) is 169 cm³/mol. The Morgan fingerprint density at radius 2 is 1.71 bits per heavy atom. The van der Waals surface area contributed by atoms with Gasteiger partial charge in [-0.1, -0.05) is 26.0 Å². The third-order valence-electron chi connectivity index (χ3n) is 7.40. The molecule has 2 heterocycles. The van der Waals surface area contributed by atoms with Gasteiger partial charge in [-0.25, -0.2) is 9.37 Å². The summed E-state index contributed by atoms with van der Waals surface area (Å²) < 4.78 is 39.0. The fourth-order valence-corrected chi connectivity index (χ4v) is 5.64. The van der Waals surface area contributed by atoms with E-state index in [0.717, 1.165) is 17.0 Å². The predicted octanol–water partition coefficient (Wildman–Crippen LogP) is 6.78. The first kappa shape index (κ1) is 34.1. The molecule has 2 aromatic carbocycles. The Morgan fingerprint density at radius 1 is 1.07 bits per heavy atom. The molecule has 0 aliphatic carbocycles. The van der Waals surface area contributed by atoms with Crippen LogP contribution in [0.15, 0.2) is 48.5 Å². The average molecular weight is 624 g/mol. The molecule has 1 fully saturated rings. The molecular formula is C35H46FN3O6. The lowest BCUT2D eigenvalue weighted by Gasteiger charge is -2.41. The summed E-state index contributed by atoms with van der Waals surface area (Å²) in [5, 5.41) is 3.00. The normalized spacial score (nSPS) is 18.1. The number of aromatic nitrogens is 2. The summed E-state index contributed by atoms with van der Waals surface area (Å²) in [7, 11) is 1.61. The zero-order chi connectivity index (χ0) is 32.9. The summed E-state index contributed by atoms with van der Waals surface area (Å²) in [5.74, 6) is -0.583. The van der Waals surface area contributed by atoms with Crippen LogP contribution in [-0.4, -0.2) is 52.1 Å². The van der Waals surface area contributed by atoms with Gasteiger partial charge in [0.15, 0.2) is 5.79 Å². The van der Waals surface area contributed by atoms with Crippen LogP contribution in [0, 0.1) is 5.82 Å². The van der Waals surface area contributed by atoms with Crippen LogP contribution < -0.4 is 10.1 Å². The van der Waals surface area contributed by atoms with Gasteiger partial charge in [-0.05, 0) is 88.9 Å². The van der Waals surface area contributed by atoms with Crippen molar-refractivity contribution in [1.29, 1.82) is 0 Å². The van der Waals surface area contributed by atoms with E-state index < -0.39 is 11.4 Å². The standard InChI is InChI=1S/C35H46FN3O6/c1-22(2)31-30(33(41)37-21-23-9-15-26(42-8)16-10-23)38-32(24-11-13-25(36)14-12-24)39(31)18-17-27-19-28(44-35(6,7)43-27)20-29(40)45-34(3,4)5/h9-16,22,27-28H,17-21H2,1-8H3,(H,37,41)/t27-,28-/m1/s1. The molecule has 1 aliphatic rings. The highest BCUT2D eigenvalue weighted by molar-refractivity contribution is 5.94. The Labute approximate surface area is 265 Å². The molecule has 0 saturated carbocycles. The van der Waals surface area contributed by atoms with Crippen molar-refractivity contribution in [2.75, 3.05) is 7.11 Å². The van der Waals surface area contributed by atoms with Crippen LogP contribution >= 0.6 is 0 Å². The van der Waals surface area contributed by atoms with Crippen molar-refractivity contribution in [2.45, 2.75) is 110 Å². The fourth-order valence-electron chi connectivity index (χ4n) is 5.64. The van der Waals surface area contributed by atoms with Gasteiger partial charge >= 0.3 is 5.97 Å². The molecule has 0 spiro atoms. The lowest BCUT2D eigenvalue weighted by molar-refractivity contribution is -0.301. The van der Waals surface area contributed by atoms with E-state index in [0.29, 0.717) is 43.0 Å². The quantitative estimate of drug-likeness (QED) is 0.235. The van der Waals surface area contributed by atoms with Crippen LogP contribution in [0.1, 0.15) is 95.4 Å². The molecule has 0 radical (unpaired) electrons. The molecule has 10 heteroatoms. The highest BCUT2D eigenvalue weighted by Gasteiger charge is 2.37. The largest absolute Gasteiger partial charge is 0.497 e. The number of rotatable bonds is 11. The number of nitrogens with zero attached hydrogens (tertiary/aromatic N) is 2. The number of benzene rings is 2. The van der Waals surface area contributed by atoms with E-state index in [1.165, 1.54) is 12.1 Å². The van der Waals surface area contributed by atoms with E-state index in [-0.39, 0.29) is 42.2 Å². The van der Waals surface area contributed by atoms with Gasteiger partial charge in [-0.15, -0.1) is 0 Å². The summed E-state index contributed by atoms with van der Waals surface area (Å²) >= 11 is 0. The van der Waals surface area contributed by atoms with E-state index in [9.17, 15) is 14.0 Å². The minimum Gasteiger partial charge on any atom is -0.497 e. The van der Waals surface area contributed by atoms with Crippen LogP contribution in [0.25, 0.3) is 11.4 Å². The molecule has 1 amide bonds. The van der Waals surface area contributed by atoms with E-state index in [1.54, 1.807) is 19.2 Å². The maximum absolute atomic E-state index is 13.9. The lowest BCUT2D eigenvalue weighted by atomic mass is 10.0. The third kappa shape index (κ3) is 9.37. The minimum absolute atomic E-state index is 0.0413. The second-order valence-electron chi connectivity index (χ2n) is 13.2. The number of carbonyl (C=O) groups excluding carboxylic acids is 2. The summed E-state index contributed by atoms with van der Waals surface area (Å²) in [4.78, 5) is 31.0. The molecule has 1 aliphatic heterocycles. The molecule has 1 N–H and O–H groups in total. The first-order valence-electron chi connectivity index (χ1n) is 15.5. The SMILES string of the molecule is COc1ccc(CNC(=O)c2nc(-c3ccc(F)cc3)n(CC[C@@H]3C[C@H](CC(=O)OC(C)(C)C)OC(C)(C)O3)c2C(C)C)cc1. The Bertz CT molecular complexity index is 1460. The molecule has 1 saturated heterocycles. The van der Waals surface area contributed by atoms with Gasteiger partial charge in [-0.2, -0.15) is 0 Å². The first-order chi connectivity index (χ1) is 21.1. The average Bonchev–Trinajstić information content (AvgIpc) is 3.33. The van der Waals surface area contributed by atoms with Gasteiger partial charge in [0.05, 0.1) is 31.4 Å². The summed E-state index contributed by atoms with van der Waals surface area (Å²) in [5.41, 5.74) is 2.14. The monoisotopic (exact) mass is 623 g/mol. The number of esters is 1.